The number of likely N-dealkylation sites (tertiary alicyclic amines) is 1. The summed E-state index contributed by atoms with van der Waals surface area (Å²) in [4.78, 5) is 60.8. The zero-order valence-corrected chi connectivity index (χ0v) is 29.1. The van der Waals surface area contributed by atoms with E-state index in [1.807, 2.05) is 42.2 Å². The van der Waals surface area contributed by atoms with Crippen LogP contribution >= 0.6 is 15.9 Å². The predicted molar refractivity (Wildman–Crippen MR) is 180 cm³/mol. The van der Waals surface area contributed by atoms with Crippen molar-refractivity contribution in [1.82, 2.24) is 14.7 Å². The van der Waals surface area contributed by atoms with Crippen LogP contribution in [-0.2, 0) is 28.7 Å². The number of β-amino-alcohol motifs (C(OH)–C–C–N with tert-alkyl or cyclic N) is 1. The Balaban J connectivity index is 1.47. The Kier molecular flexibility index (Phi) is 11.3. The lowest BCUT2D eigenvalue weighted by molar-refractivity contribution is -0.164. The smallest absolute Gasteiger partial charge is 0.313 e. The summed E-state index contributed by atoms with van der Waals surface area (Å²) in [5.74, 6) is -3.27. The molecule has 4 aliphatic rings. The Labute approximate surface area is 286 Å². The fraction of sp³-hybridized carbons (Fsp3) is 0.611. The molecule has 1 N–H and O–H groups in total. The maximum atomic E-state index is 14.6. The predicted octanol–water partition coefficient (Wildman–Crippen LogP) is 4.17. The summed E-state index contributed by atoms with van der Waals surface area (Å²) in [6, 6.07) is 7.76. The number of carbonyl (C=O) groups excluding carboxylic acids is 4. The molecule has 3 aliphatic heterocycles. The third-order valence-electron chi connectivity index (χ3n) is 10.6. The molecule has 1 unspecified atom stereocenters. The molecule has 256 valence electrons. The van der Waals surface area contributed by atoms with Crippen LogP contribution in [0.4, 0.5) is 0 Å². The maximum absolute atomic E-state index is 14.6. The third kappa shape index (κ3) is 6.55. The van der Waals surface area contributed by atoms with Gasteiger partial charge in [-0.05, 0) is 38.2 Å². The number of fused-ring (bicyclic) bond motifs is 1. The standard InChI is InChI=1S/C36H48BrN3O7/c1-5-7-18-27(42)38(4)23(3)30(24-14-10-8-11-15-24)46-35(45)28-29-33(43)40(20-21-41)32(36(29)22-26(37)31(28)47-36)34(44)39(19-6-2)25-16-12-9-13-17-25/h5-6,8,10-11,14-15,23,25-26,28-32,41H,1-2,7,9,12-13,16-22H2,3-4H3/t23-,26?,28-,29+,30+,31-,32-,36+/m0/s1. The lowest BCUT2D eigenvalue weighted by Gasteiger charge is -2.40. The van der Waals surface area contributed by atoms with Crippen LogP contribution in [0.1, 0.15) is 70.0 Å². The van der Waals surface area contributed by atoms with Crippen LogP contribution in [0.2, 0.25) is 0 Å². The van der Waals surface area contributed by atoms with Gasteiger partial charge in [-0.3, -0.25) is 19.2 Å². The molecule has 10 nitrogen and oxygen atoms in total. The molecule has 1 aliphatic carbocycles. The van der Waals surface area contributed by atoms with E-state index in [1.54, 1.807) is 24.1 Å². The van der Waals surface area contributed by atoms with E-state index in [1.165, 1.54) is 4.90 Å². The van der Waals surface area contributed by atoms with E-state index in [-0.39, 0.29) is 48.2 Å². The minimum Gasteiger partial charge on any atom is -0.455 e. The summed E-state index contributed by atoms with van der Waals surface area (Å²) in [6.45, 7) is 9.39. The van der Waals surface area contributed by atoms with Gasteiger partial charge < -0.3 is 29.3 Å². The normalized spacial score (nSPS) is 29.6. The van der Waals surface area contributed by atoms with Crippen molar-refractivity contribution in [2.24, 2.45) is 11.8 Å². The second kappa shape index (κ2) is 15.0. The van der Waals surface area contributed by atoms with Crippen LogP contribution < -0.4 is 0 Å². The lowest BCUT2D eigenvalue weighted by atomic mass is 9.70. The summed E-state index contributed by atoms with van der Waals surface area (Å²) >= 11 is 3.73. The minimum absolute atomic E-state index is 0.0224. The van der Waals surface area contributed by atoms with E-state index in [0.717, 1.165) is 32.1 Å². The van der Waals surface area contributed by atoms with Crippen molar-refractivity contribution in [2.45, 2.75) is 99.1 Å². The number of benzene rings is 1. The zero-order chi connectivity index (χ0) is 33.9. The van der Waals surface area contributed by atoms with Crippen LogP contribution in [0.15, 0.2) is 55.6 Å². The van der Waals surface area contributed by atoms with Crippen LogP contribution in [0, 0.1) is 11.8 Å². The number of nitrogens with zero attached hydrogens (tertiary/aromatic N) is 3. The van der Waals surface area contributed by atoms with Crippen molar-refractivity contribution in [3.8, 4) is 0 Å². The van der Waals surface area contributed by atoms with Crippen molar-refractivity contribution < 1.29 is 33.8 Å². The average Bonchev–Trinajstić information content (AvgIpc) is 3.68. The largest absolute Gasteiger partial charge is 0.455 e. The number of hydrogen-bond acceptors (Lipinski definition) is 7. The Morgan fingerprint density at radius 1 is 1.17 bits per heavy atom. The number of alkyl halides is 1. The van der Waals surface area contributed by atoms with Crippen LogP contribution in [0.3, 0.4) is 0 Å². The molecule has 1 spiro atoms. The van der Waals surface area contributed by atoms with Crippen molar-refractivity contribution >= 4 is 39.6 Å². The van der Waals surface area contributed by atoms with Gasteiger partial charge in [0, 0.05) is 37.4 Å². The van der Waals surface area contributed by atoms with Gasteiger partial charge in [-0.2, -0.15) is 0 Å². The minimum atomic E-state index is -1.26. The molecule has 0 radical (unpaired) electrons. The van der Waals surface area contributed by atoms with Crippen molar-refractivity contribution in [3.63, 3.8) is 0 Å². The summed E-state index contributed by atoms with van der Waals surface area (Å²) in [5.41, 5.74) is -0.545. The number of carbonyl (C=O) groups is 4. The fourth-order valence-electron chi connectivity index (χ4n) is 8.26. The number of likely N-dealkylation sites (N-methyl/N-ethyl adjacent to an activating group) is 1. The molecule has 4 fully saturated rings. The number of aliphatic hydroxyl groups excluding tert-OH is 1. The van der Waals surface area contributed by atoms with Gasteiger partial charge in [-0.25, -0.2) is 0 Å². The molecule has 1 aromatic rings. The Morgan fingerprint density at radius 3 is 2.51 bits per heavy atom. The van der Waals surface area contributed by atoms with Gasteiger partial charge in [0.25, 0.3) is 0 Å². The van der Waals surface area contributed by atoms with Crippen molar-refractivity contribution in [3.05, 3.63) is 61.2 Å². The van der Waals surface area contributed by atoms with Crippen molar-refractivity contribution in [2.75, 3.05) is 26.7 Å². The number of rotatable bonds is 14. The van der Waals surface area contributed by atoms with Gasteiger partial charge >= 0.3 is 5.97 Å². The van der Waals surface area contributed by atoms with E-state index < -0.39 is 47.7 Å². The number of amides is 3. The fourth-order valence-corrected chi connectivity index (χ4v) is 9.20. The van der Waals surface area contributed by atoms with E-state index >= 15 is 0 Å². The Bertz CT molecular complexity index is 1340. The zero-order valence-electron chi connectivity index (χ0n) is 27.5. The van der Waals surface area contributed by atoms with E-state index in [0.29, 0.717) is 24.9 Å². The number of ether oxygens (including phenoxy) is 2. The molecule has 47 heavy (non-hydrogen) atoms. The molecule has 2 bridgehead atoms. The first-order chi connectivity index (χ1) is 22.6. The van der Waals surface area contributed by atoms with Crippen LogP contribution in [-0.4, -0.2) is 105 Å². The highest BCUT2D eigenvalue weighted by atomic mass is 79.9. The second-order valence-electron chi connectivity index (χ2n) is 13.3. The monoisotopic (exact) mass is 713 g/mol. The lowest BCUT2D eigenvalue weighted by Crippen LogP contribution is -2.59. The van der Waals surface area contributed by atoms with E-state index in [9.17, 15) is 24.3 Å². The second-order valence-corrected chi connectivity index (χ2v) is 14.5. The molecule has 1 saturated carbocycles. The van der Waals surface area contributed by atoms with Gasteiger partial charge in [0.1, 0.15) is 17.7 Å². The first kappa shape index (κ1) is 35.3. The molecule has 11 heteroatoms. The summed E-state index contributed by atoms with van der Waals surface area (Å²) < 4.78 is 13.0. The molecule has 1 aromatic carbocycles. The Morgan fingerprint density at radius 2 is 1.87 bits per heavy atom. The highest BCUT2D eigenvalue weighted by Crippen LogP contribution is 2.60. The summed E-state index contributed by atoms with van der Waals surface area (Å²) in [6.07, 6.45) is 7.98. The van der Waals surface area contributed by atoms with E-state index in [2.05, 4.69) is 29.1 Å². The molecule has 3 heterocycles. The summed E-state index contributed by atoms with van der Waals surface area (Å²) in [7, 11) is 1.69. The van der Waals surface area contributed by atoms with Gasteiger partial charge in [-0.1, -0.05) is 77.7 Å². The van der Waals surface area contributed by atoms with Gasteiger partial charge in [0.05, 0.1) is 30.6 Å². The maximum Gasteiger partial charge on any atom is 0.313 e. The first-order valence-corrected chi connectivity index (χ1v) is 17.8. The Hall–Kier alpha value is -3.02. The van der Waals surface area contributed by atoms with E-state index in [4.69, 9.17) is 9.47 Å². The molecule has 0 aromatic heterocycles. The van der Waals surface area contributed by atoms with Crippen LogP contribution in [0.5, 0.6) is 0 Å². The number of aliphatic hydroxyl groups is 1. The number of esters is 1. The van der Waals surface area contributed by atoms with Gasteiger partial charge in [-0.15, -0.1) is 13.2 Å². The molecule has 5 rings (SSSR count). The molecular formula is C36H48BrN3O7. The SMILES string of the molecule is C=CCCC(=O)N(C)[C@@H](C)[C@@H](OC(=O)[C@@H]1[C@H]2O[C@@]3(CC2Br)[C@H](C(=O)N(CC=C)C2CCCCC2)N(CCO)C(=O)[C@@H]13)c1ccccc1. The molecular weight excluding hydrogens is 666 g/mol. The van der Waals surface area contributed by atoms with Gasteiger partial charge in [0.15, 0.2) is 0 Å². The number of allylic oxidation sites excluding steroid dienone is 1. The molecule has 8 atom stereocenters. The number of halogens is 1. The molecule has 3 amide bonds. The van der Waals surface area contributed by atoms with Gasteiger partial charge in [0.2, 0.25) is 17.7 Å². The highest BCUT2D eigenvalue weighted by molar-refractivity contribution is 9.09. The quantitative estimate of drug-likeness (QED) is 0.175. The summed E-state index contributed by atoms with van der Waals surface area (Å²) in [5, 5.41) is 10.0. The first-order valence-electron chi connectivity index (χ1n) is 16.9. The third-order valence-corrected chi connectivity index (χ3v) is 11.5. The molecule has 3 saturated heterocycles. The van der Waals surface area contributed by atoms with Crippen molar-refractivity contribution in [1.29, 1.82) is 0 Å². The number of hydrogen-bond donors (Lipinski definition) is 1. The topological polar surface area (TPSA) is 117 Å². The van der Waals surface area contributed by atoms with Crippen LogP contribution in [0.25, 0.3) is 0 Å². The average molecular weight is 715 g/mol. The highest BCUT2D eigenvalue weighted by Gasteiger charge is 2.77.